The molecule has 3 heterocycles. The lowest BCUT2D eigenvalue weighted by molar-refractivity contribution is -0.141. The average Bonchev–Trinajstić information content (AvgIpc) is 3.23. The van der Waals surface area contributed by atoms with Crippen LogP contribution in [0.3, 0.4) is 0 Å². The molecule has 2 N–H and O–H groups in total. The number of anilines is 1. The summed E-state index contributed by atoms with van der Waals surface area (Å²) in [4.78, 5) is 13.8. The second-order valence-corrected chi connectivity index (χ2v) is 6.52. The van der Waals surface area contributed by atoms with Crippen molar-refractivity contribution in [2.45, 2.75) is 12.1 Å². The van der Waals surface area contributed by atoms with Crippen molar-refractivity contribution in [3.63, 3.8) is 0 Å². The molecule has 0 saturated carbocycles. The minimum absolute atomic E-state index is 0.0284. The predicted molar refractivity (Wildman–Crippen MR) is 85.3 cm³/mol. The summed E-state index contributed by atoms with van der Waals surface area (Å²) in [6.07, 6.45) is -4.58. The Balaban J connectivity index is 1.65. The van der Waals surface area contributed by atoms with Crippen LogP contribution in [0.25, 0.3) is 0 Å². The van der Waals surface area contributed by atoms with Crippen LogP contribution in [0.5, 0.6) is 0 Å². The van der Waals surface area contributed by atoms with Crippen LogP contribution in [0, 0.1) is 5.92 Å². The zero-order chi connectivity index (χ0) is 18.0. The predicted octanol–water partition coefficient (Wildman–Crippen LogP) is 2.80. The van der Waals surface area contributed by atoms with Gasteiger partial charge in [0.15, 0.2) is 11.5 Å². The van der Waals surface area contributed by atoms with Crippen LogP contribution in [-0.4, -0.2) is 45.9 Å². The summed E-state index contributed by atoms with van der Waals surface area (Å²) in [6.45, 7) is 0.725. The van der Waals surface area contributed by atoms with Crippen molar-refractivity contribution in [2.75, 3.05) is 25.0 Å². The van der Waals surface area contributed by atoms with Gasteiger partial charge in [-0.2, -0.15) is 24.5 Å². The highest BCUT2D eigenvalue weighted by Crippen LogP contribution is 2.34. The second kappa shape index (κ2) is 6.96. The van der Waals surface area contributed by atoms with Crippen molar-refractivity contribution in [2.24, 2.45) is 5.92 Å². The van der Waals surface area contributed by atoms with E-state index in [1.165, 1.54) is 4.90 Å². The van der Waals surface area contributed by atoms with Crippen LogP contribution < -0.4 is 5.32 Å². The highest BCUT2D eigenvalue weighted by Gasteiger charge is 2.36. The maximum atomic E-state index is 12.5. The lowest BCUT2D eigenvalue weighted by atomic mass is 9.92. The Morgan fingerprint density at radius 1 is 1.32 bits per heavy atom. The van der Waals surface area contributed by atoms with Gasteiger partial charge in [-0.1, -0.05) is 0 Å². The molecule has 1 aliphatic heterocycles. The molecule has 1 fully saturated rings. The Morgan fingerprint density at radius 2 is 2.12 bits per heavy atom. The number of aliphatic hydroxyl groups is 1. The van der Waals surface area contributed by atoms with E-state index in [0.717, 1.165) is 17.7 Å². The topological polar surface area (TPSA) is 78.4 Å². The fourth-order valence-corrected chi connectivity index (χ4v) is 3.55. The minimum atomic E-state index is -4.58. The number of carbonyl (C=O) groups is 1. The standard InChI is InChI=1S/C15H15F3N4O2S/c16-15(17,18)12-1-2-13(21-20-12)19-14(24)22-5-10(7-23)11(6-22)9-3-4-25-8-9/h1-4,8,10-11,23H,5-7H2,(H,19,21,24)/t10-,11-/m0/s1. The summed E-state index contributed by atoms with van der Waals surface area (Å²) in [5.74, 6) is -0.114. The molecule has 6 nitrogen and oxygen atoms in total. The fourth-order valence-electron chi connectivity index (χ4n) is 2.82. The number of alkyl halides is 3. The Morgan fingerprint density at radius 3 is 2.68 bits per heavy atom. The Kier molecular flexibility index (Phi) is 4.91. The molecule has 10 heteroatoms. The van der Waals surface area contributed by atoms with Crippen molar-refractivity contribution < 1.29 is 23.1 Å². The number of aliphatic hydroxyl groups excluding tert-OH is 1. The molecule has 2 amide bonds. The van der Waals surface area contributed by atoms with Gasteiger partial charge in [-0.3, -0.25) is 5.32 Å². The average molecular weight is 372 g/mol. The first kappa shape index (κ1) is 17.6. The maximum Gasteiger partial charge on any atom is 0.435 e. The number of nitrogens with zero attached hydrogens (tertiary/aromatic N) is 3. The molecule has 3 rings (SSSR count). The number of likely N-dealkylation sites (tertiary alicyclic amines) is 1. The van der Waals surface area contributed by atoms with E-state index >= 15 is 0 Å². The van der Waals surface area contributed by atoms with Gasteiger partial charge >= 0.3 is 12.2 Å². The van der Waals surface area contributed by atoms with Gasteiger partial charge in [-0.05, 0) is 34.5 Å². The van der Waals surface area contributed by atoms with E-state index in [4.69, 9.17) is 0 Å². The van der Waals surface area contributed by atoms with Crippen LogP contribution in [0.15, 0.2) is 29.0 Å². The number of aromatic nitrogens is 2. The van der Waals surface area contributed by atoms with Crippen molar-refractivity contribution in [3.05, 3.63) is 40.2 Å². The molecule has 1 aliphatic rings. The maximum absolute atomic E-state index is 12.5. The van der Waals surface area contributed by atoms with Crippen LogP contribution in [0.1, 0.15) is 17.2 Å². The molecular formula is C15H15F3N4O2S. The zero-order valence-corrected chi connectivity index (χ0v) is 13.7. The molecule has 0 radical (unpaired) electrons. The van der Waals surface area contributed by atoms with E-state index in [2.05, 4.69) is 15.5 Å². The quantitative estimate of drug-likeness (QED) is 0.869. The van der Waals surface area contributed by atoms with Crippen LogP contribution in [-0.2, 0) is 6.18 Å². The number of urea groups is 1. The zero-order valence-electron chi connectivity index (χ0n) is 12.9. The molecular weight excluding hydrogens is 357 g/mol. The number of carbonyl (C=O) groups excluding carboxylic acids is 1. The summed E-state index contributed by atoms with van der Waals surface area (Å²) >= 11 is 1.54. The molecule has 134 valence electrons. The number of hydrogen-bond acceptors (Lipinski definition) is 5. The highest BCUT2D eigenvalue weighted by atomic mass is 32.1. The molecule has 0 unspecified atom stereocenters. The Bertz CT molecular complexity index is 721. The first-order valence-electron chi connectivity index (χ1n) is 7.48. The first-order valence-corrected chi connectivity index (χ1v) is 8.42. The van der Waals surface area contributed by atoms with E-state index in [9.17, 15) is 23.1 Å². The summed E-state index contributed by atoms with van der Waals surface area (Å²) in [6, 6.07) is 3.30. The van der Waals surface area contributed by atoms with Gasteiger partial charge in [-0.15, -0.1) is 10.2 Å². The lowest BCUT2D eigenvalue weighted by Crippen LogP contribution is -2.33. The van der Waals surface area contributed by atoms with Crippen LogP contribution in [0.4, 0.5) is 23.8 Å². The summed E-state index contributed by atoms with van der Waals surface area (Å²) in [5, 5.41) is 22.4. The highest BCUT2D eigenvalue weighted by molar-refractivity contribution is 7.08. The molecule has 25 heavy (non-hydrogen) atoms. The van der Waals surface area contributed by atoms with Crippen molar-refractivity contribution >= 4 is 23.2 Å². The van der Waals surface area contributed by atoms with Crippen molar-refractivity contribution in [3.8, 4) is 0 Å². The van der Waals surface area contributed by atoms with Gasteiger partial charge in [0.1, 0.15) is 0 Å². The van der Waals surface area contributed by atoms with E-state index in [-0.39, 0.29) is 24.3 Å². The van der Waals surface area contributed by atoms with Gasteiger partial charge < -0.3 is 10.0 Å². The molecule has 0 aliphatic carbocycles. The van der Waals surface area contributed by atoms with Crippen LogP contribution >= 0.6 is 11.3 Å². The molecule has 1 saturated heterocycles. The minimum Gasteiger partial charge on any atom is -0.396 e. The second-order valence-electron chi connectivity index (χ2n) is 5.74. The van der Waals surface area contributed by atoms with Gasteiger partial charge in [0.25, 0.3) is 0 Å². The van der Waals surface area contributed by atoms with Gasteiger partial charge in [0, 0.05) is 31.5 Å². The molecule has 2 atom stereocenters. The Hall–Kier alpha value is -2.20. The Labute approximate surface area is 145 Å². The lowest BCUT2D eigenvalue weighted by Gasteiger charge is -2.16. The first-order chi connectivity index (χ1) is 11.9. The van der Waals surface area contributed by atoms with Crippen LogP contribution in [0.2, 0.25) is 0 Å². The number of halogens is 3. The molecule has 0 aromatic carbocycles. The van der Waals surface area contributed by atoms with E-state index in [0.29, 0.717) is 13.1 Å². The smallest absolute Gasteiger partial charge is 0.396 e. The fraction of sp³-hybridized carbons (Fsp3) is 0.400. The SMILES string of the molecule is O=C(Nc1ccc(C(F)(F)F)nn1)N1C[C@@H](CO)[C@H](c2ccsc2)C1. The van der Waals surface area contributed by atoms with Gasteiger partial charge in [0.2, 0.25) is 0 Å². The number of hydrogen-bond donors (Lipinski definition) is 2. The number of rotatable bonds is 3. The number of amides is 2. The van der Waals surface area contributed by atoms with Gasteiger partial charge in [0.05, 0.1) is 0 Å². The molecule has 2 aromatic rings. The third-order valence-electron chi connectivity index (χ3n) is 4.12. The normalized spacial score (nSPS) is 20.7. The largest absolute Gasteiger partial charge is 0.435 e. The van der Waals surface area contributed by atoms with Gasteiger partial charge in [-0.25, -0.2) is 4.79 Å². The summed E-state index contributed by atoms with van der Waals surface area (Å²) in [7, 11) is 0. The third-order valence-corrected chi connectivity index (χ3v) is 4.83. The summed E-state index contributed by atoms with van der Waals surface area (Å²) < 4.78 is 37.4. The number of nitrogens with one attached hydrogen (secondary N) is 1. The van der Waals surface area contributed by atoms with E-state index < -0.39 is 17.9 Å². The molecule has 0 spiro atoms. The summed E-state index contributed by atoms with van der Waals surface area (Å²) in [5.41, 5.74) is -0.0572. The van der Waals surface area contributed by atoms with Crippen molar-refractivity contribution in [1.82, 2.24) is 15.1 Å². The number of thiophene rings is 1. The van der Waals surface area contributed by atoms with E-state index in [1.807, 2.05) is 16.8 Å². The van der Waals surface area contributed by atoms with E-state index in [1.54, 1.807) is 11.3 Å². The molecule has 0 bridgehead atoms. The molecule has 2 aromatic heterocycles. The van der Waals surface area contributed by atoms with Crippen molar-refractivity contribution in [1.29, 1.82) is 0 Å². The monoisotopic (exact) mass is 372 g/mol. The third kappa shape index (κ3) is 3.90.